The molecule has 4 aromatic heterocycles. The van der Waals surface area contributed by atoms with Crippen LogP contribution in [-0.4, -0.2) is 14.5 Å². The van der Waals surface area contributed by atoms with E-state index in [1.54, 1.807) is 11.3 Å². The van der Waals surface area contributed by atoms with Gasteiger partial charge in [-0.2, -0.15) is 0 Å². The molecular weight excluding hydrogens is 739 g/mol. The smallest absolute Gasteiger partial charge is 0.161 e. The Hall–Kier alpha value is -7.60. The van der Waals surface area contributed by atoms with E-state index in [2.05, 4.69) is 187 Å². The molecule has 5 heteroatoms. The molecule has 9 aromatic carbocycles. The van der Waals surface area contributed by atoms with Crippen LogP contribution in [0.3, 0.4) is 0 Å². The number of para-hydroxylation sites is 1. The van der Waals surface area contributed by atoms with Crippen LogP contribution in [0.4, 0.5) is 0 Å². The van der Waals surface area contributed by atoms with Crippen LogP contribution in [-0.2, 0) is 0 Å². The van der Waals surface area contributed by atoms with Crippen LogP contribution < -0.4 is 0 Å². The van der Waals surface area contributed by atoms with Gasteiger partial charge >= 0.3 is 0 Å². The number of thiophene rings is 1. The molecule has 13 aromatic rings. The van der Waals surface area contributed by atoms with Crippen molar-refractivity contribution >= 4 is 96.9 Å². The van der Waals surface area contributed by atoms with E-state index in [1.807, 2.05) is 6.07 Å². The van der Waals surface area contributed by atoms with E-state index < -0.39 is 0 Å². The monoisotopic (exact) mass is 769 g/mol. The van der Waals surface area contributed by atoms with Crippen molar-refractivity contribution in [1.29, 1.82) is 0 Å². The predicted octanol–water partition coefficient (Wildman–Crippen LogP) is 15.1. The average molecular weight is 770 g/mol. The SMILES string of the molecule is c1ccc(-c2cc3c(c4ccccc24)c2c4ccccc4ccc2n3-c2cccc3c2oc2cccc(-c4nc(-c5ccccc5)c5sc6ccccc6c5n4)c23)cc1. The molecular formula is C54H31N3OS. The molecule has 0 fully saturated rings. The summed E-state index contributed by atoms with van der Waals surface area (Å²) in [4.78, 5) is 10.7. The van der Waals surface area contributed by atoms with Gasteiger partial charge in [-0.25, -0.2) is 9.97 Å². The lowest BCUT2D eigenvalue weighted by atomic mass is 9.94. The van der Waals surface area contributed by atoms with Gasteiger partial charge < -0.3 is 8.98 Å². The summed E-state index contributed by atoms with van der Waals surface area (Å²) in [6.45, 7) is 0. The number of nitrogens with zero attached hydrogens (tertiary/aromatic N) is 3. The molecule has 0 unspecified atom stereocenters. The normalized spacial score (nSPS) is 12.1. The average Bonchev–Trinajstić information content (AvgIpc) is 3.99. The maximum atomic E-state index is 7.04. The summed E-state index contributed by atoms with van der Waals surface area (Å²) >= 11 is 1.75. The maximum absolute atomic E-state index is 7.04. The van der Waals surface area contributed by atoms with Crippen LogP contribution in [0, 0.1) is 0 Å². The fourth-order valence-corrected chi connectivity index (χ4v) is 10.6. The first-order valence-corrected chi connectivity index (χ1v) is 20.7. The zero-order valence-electron chi connectivity index (χ0n) is 31.6. The van der Waals surface area contributed by atoms with Crippen LogP contribution in [0.1, 0.15) is 0 Å². The molecule has 0 N–H and O–H groups in total. The largest absolute Gasteiger partial charge is 0.454 e. The third-order valence-electron chi connectivity index (χ3n) is 12.0. The molecule has 0 aliphatic carbocycles. The van der Waals surface area contributed by atoms with Gasteiger partial charge in [-0.05, 0) is 63.0 Å². The van der Waals surface area contributed by atoms with Gasteiger partial charge in [0.25, 0.3) is 0 Å². The van der Waals surface area contributed by atoms with Crippen molar-refractivity contribution in [1.82, 2.24) is 14.5 Å². The third-order valence-corrected chi connectivity index (χ3v) is 13.2. The van der Waals surface area contributed by atoms with Crippen LogP contribution in [0.15, 0.2) is 192 Å². The molecule has 274 valence electrons. The van der Waals surface area contributed by atoms with E-state index in [-0.39, 0.29) is 0 Å². The van der Waals surface area contributed by atoms with Gasteiger partial charge in [-0.1, -0.05) is 158 Å². The van der Waals surface area contributed by atoms with E-state index in [1.165, 1.54) is 48.1 Å². The Morgan fingerprint density at radius 3 is 1.98 bits per heavy atom. The molecule has 4 heterocycles. The number of fused-ring (bicyclic) bond motifs is 13. The van der Waals surface area contributed by atoms with Crippen LogP contribution in [0.2, 0.25) is 0 Å². The topological polar surface area (TPSA) is 43.9 Å². The summed E-state index contributed by atoms with van der Waals surface area (Å²) in [5.74, 6) is 0.681. The highest BCUT2D eigenvalue weighted by atomic mass is 32.1. The standard InChI is InChI=1S/C54H31N3OS/c1-3-15-32(16-4-1)41-31-44-49(37-22-10-9-21-36(37)41)48-35-20-8-7-17-33(35)29-30-42(48)57(44)43-26-13-24-39-47-40(25-14-27-45(47)58-52(39)43)54-55-50(34-18-5-2-6-19-34)53-51(56-54)38-23-11-12-28-46(38)59-53/h1-31H. The number of hydrogen-bond acceptors (Lipinski definition) is 4. The second-order valence-electron chi connectivity index (χ2n) is 15.2. The molecule has 0 bridgehead atoms. The molecule has 0 spiro atoms. The first kappa shape index (κ1) is 32.5. The van der Waals surface area contributed by atoms with Crippen molar-refractivity contribution < 1.29 is 4.42 Å². The highest BCUT2D eigenvalue weighted by Crippen LogP contribution is 2.47. The zero-order chi connectivity index (χ0) is 38.6. The Labute approximate surface area is 341 Å². The minimum absolute atomic E-state index is 0.681. The Morgan fingerprint density at radius 2 is 1.14 bits per heavy atom. The minimum atomic E-state index is 0.681. The first-order valence-electron chi connectivity index (χ1n) is 19.9. The fraction of sp³-hybridized carbons (Fsp3) is 0. The molecule has 0 aliphatic rings. The molecule has 0 atom stereocenters. The van der Waals surface area contributed by atoms with Gasteiger partial charge in [-0.3, -0.25) is 0 Å². The second-order valence-corrected chi connectivity index (χ2v) is 16.3. The second kappa shape index (κ2) is 12.4. The highest BCUT2D eigenvalue weighted by molar-refractivity contribution is 7.26. The molecule has 0 saturated carbocycles. The summed E-state index contributed by atoms with van der Waals surface area (Å²) in [7, 11) is 0. The van der Waals surface area contributed by atoms with Crippen LogP contribution in [0.5, 0.6) is 0 Å². The Bertz CT molecular complexity index is 3840. The third kappa shape index (κ3) is 4.71. The molecule has 59 heavy (non-hydrogen) atoms. The van der Waals surface area contributed by atoms with E-state index in [9.17, 15) is 0 Å². The molecule has 0 radical (unpaired) electrons. The van der Waals surface area contributed by atoms with Gasteiger partial charge in [0.05, 0.1) is 32.6 Å². The summed E-state index contributed by atoms with van der Waals surface area (Å²) in [5.41, 5.74) is 11.2. The van der Waals surface area contributed by atoms with E-state index in [4.69, 9.17) is 14.4 Å². The van der Waals surface area contributed by atoms with Crippen molar-refractivity contribution in [2.75, 3.05) is 0 Å². The highest BCUT2D eigenvalue weighted by Gasteiger charge is 2.24. The van der Waals surface area contributed by atoms with Crippen LogP contribution in [0.25, 0.3) is 125 Å². The van der Waals surface area contributed by atoms with Crippen LogP contribution >= 0.6 is 11.3 Å². The molecule has 0 saturated heterocycles. The first-order chi connectivity index (χ1) is 29.3. The van der Waals surface area contributed by atoms with Gasteiger partial charge in [0.15, 0.2) is 11.4 Å². The molecule has 13 rings (SSSR count). The number of hydrogen-bond donors (Lipinski definition) is 0. The summed E-state index contributed by atoms with van der Waals surface area (Å²) in [6, 6.07) is 67.0. The van der Waals surface area contributed by atoms with Crippen molar-refractivity contribution in [2.45, 2.75) is 0 Å². The summed E-state index contributed by atoms with van der Waals surface area (Å²) in [5, 5.41) is 10.5. The Morgan fingerprint density at radius 1 is 0.458 bits per heavy atom. The van der Waals surface area contributed by atoms with E-state index >= 15 is 0 Å². The Balaban J connectivity index is 1.13. The quantitative estimate of drug-likeness (QED) is 0.179. The van der Waals surface area contributed by atoms with Crippen molar-refractivity contribution in [2.24, 2.45) is 0 Å². The molecule has 0 amide bonds. The lowest BCUT2D eigenvalue weighted by Gasteiger charge is -2.12. The summed E-state index contributed by atoms with van der Waals surface area (Å²) < 4.78 is 11.8. The van der Waals surface area contributed by atoms with Crippen molar-refractivity contribution in [3.63, 3.8) is 0 Å². The maximum Gasteiger partial charge on any atom is 0.161 e. The number of furan rings is 1. The number of rotatable bonds is 4. The Kier molecular flexibility index (Phi) is 6.85. The zero-order valence-corrected chi connectivity index (χ0v) is 32.4. The number of benzene rings is 9. The summed E-state index contributed by atoms with van der Waals surface area (Å²) in [6.07, 6.45) is 0. The lowest BCUT2D eigenvalue weighted by Crippen LogP contribution is -1.95. The number of aromatic nitrogens is 3. The molecule has 0 aliphatic heterocycles. The lowest BCUT2D eigenvalue weighted by molar-refractivity contribution is 0.666. The predicted molar refractivity (Wildman–Crippen MR) is 248 cm³/mol. The van der Waals surface area contributed by atoms with E-state index in [0.29, 0.717) is 5.82 Å². The van der Waals surface area contributed by atoms with Crippen molar-refractivity contribution in [3.05, 3.63) is 188 Å². The van der Waals surface area contributed by atoms with Gasteiger partial charge in [-0.15, -0.1) is 11.3 Å². The van der Waals surface area contributed by atoms with E-state index in [0.717, 1.165) is 71.1 Å². The molecule has 4 nitrogen and oxygen atoms in total. The van der Waals surface area contributed by atoms with Gasteiger partial charge in [0.1, 0.15) is 5.58 Å². The minimum Gasteiger partial charge on any atom is -0.454 e. The van der Waals surface area contributed by atoms with Gasteiger partial charge in [0.2, 0.25) is 0 Å². The van der Waals surface area contributed by atoms with Gasteiger partial charge in [0, 0.05) is 42.8 Å². The fourth-order valence-electron chi connectivity index (χ4n) is 9.45. The van der Waals surface area contributed by atoms with Crippen molar-refractivity contribution in [3.8, 4) is 39.5 Å².